The van der Waals surface area contributed by atoms with Gasteiger partial charge in [0.1, 0.15) is 0 Å². The highest BCUT2D eigenvalue weighted by Crippen LogP contribution is 2.24. The molecular weight excluding hydrogens is 238 g/mol. The van der Waals surface area contributed by atoms with E-state index in [0.717, 1.165) is 19.5 Å². The molecule has 19 heavy (non-hydrogen) atoms. The van der Waals surface area contributed by atoms with Crippen LogP contribution in [0.4, 0.5) is 0 Å². The molecule has 0 unspecified atom stereocenters. The van der Waals surface area contributed by atoms with Gasteiger partial charge in [-0.25, -0.2) is 0 Å². The summed E-state index contributed by atoms with van der Waals surface area (Å²) in [7, 11) is 0. The summed E-state index contributed by atoms with van der Waals surface area (Å²) in [6.07, 6.45) is 7.27. The molecule has 1 aliphatic heterocycles. The molecule has 0 bridgehead atoms. The van der Waals surface area contributed by atoms with Crippen molar-refractivity contribution in [1.82, 2.24) is 9.80 Å². The van der Waals surface area contributed by atoms with Crippen molar-refractivity contribution in [2.75, 3.05) is 19.6 Å². The van der Waals surface area contributed by atoms with Gasteiger partial charge < -0.3 is 10.6 Å². The number of hydrogen-bond acceptors (Lipinski definition) is 3. The lowest BCUT2D eigenvalue weighted by Crippen LogP contribution is -2.49. The zero-order chi connectivity index (χ0) is 13.8. The highest BCUT2D eigenvalue weighted by molar-refractivity contribution is 5.79. The van der Waals surface area contributed by atoms with E-state index in [1.807, 2.05) is 0 Å². The van der Waals surface area contributed by atoms with Gasteiger partial charge in [-0.15, -0.1) is 0 Å². The fraction of sp³-hybridized carbons (Fsp3) is 0.933. The fourth-order valence-electron chi connectivity index (χ4n) is 3.55. The van der Waals surface area contributed by atoms with Crippen LogP contribution < -0.4 is 5.73 Å². The first-order valence-corrected chi connectivity index (χ1v) is 7.87. The van der Waals surface area contributed by atoms with Crippen LogP contribution in [0, 0.1) is 0 Å². The molecule has 4 nitrogen and oxygen atoms in total. The van der Waals surface area contributed by atoms with E-state index in [0.29, 0.717) is 24.5 Å². The van der Waals surface area contributed by atoms with Gasteiger partial charge in [-0.3, -0.25) is 9.69 Å². The van der Waals surface area contributed by atoms with Crippen LogP contribution in [-0.4, -0.2) is 53.5 Å². The minimum Gasteiger partial charge on any atom is -0.336 e. The highest BCUT2D eigenvalue weighted by Gasteiger charge is 2.30. The van der Waals surface area contributed by atoms with Crippen LogP contribution in [0.2, 0.25) is 0 Å². The van der Waals surface area contributed by atoms with Crippen molar-refractivity contribution in [3.63, 3.8) is 0 Å². The van der Waals surface area contributed by atoms with Crippen LogP contribution in [0.15, 0.2) is 0 Å². The number of hydrogen-bond donors (Lipinski definition) is 1. The van der Waals surface area contributed by atoms with Crippen molar-refractivity contribution < 1.29 is 4.79 Å². The van der Waals surface area contributed by atoms with E-state index in [4.69, 9.17) is 5.73 Å². The smallest absolute Gasteiger partial charge is 0.237 e. The van der Waals surface area contributed by atoms with Gasteiger partial charge in [0.2, 0.25) is 5.91 Å². The topological polar surface area (TPSA) is 49.6 Å². The van der Waals surface area contributed by atoms with E-state index in [2.05, 4.69) is 23.6 Å². The van der Waals surface area contributed by atoms with Crippen molar-refractivity contribution >= 4 is 5.91 Å². The zero-order valence-electron chi connectivity index (χ0n) is 12.5. The third-order valence-corrected chi connectivity index (χ3v) is 4.48. The van der Waals surface area contributed by atoms with Gasteiger partial charge in [-0.05, 0) is 33.1 Å². The molecule has 1 saturated carbocycles. The lowest BCUT2D eigenvalue weighted by atomic mass is 9.93. The molecule has 110 valence electrons. The van der Waals surface area contributed by atoms with E-state index in [9.17, 15) is 4.79 Å². The summed E-state index contributed by atoms with van der Waals surface area (Å²) in [5.74, 6) is 0.302. The molecular formula is C15H29N3O. The van der Waals surface area contributed by atoms with Crippen molar-refractivity contribution in [2.24, 2.45) is 5.73 Å². The predicted octanol–water partition coefficient (Wildman–Crippen LogP) is 1.59. The Morgan fingerprint density at radius 1 is 1.26 bits per heavy atom. The number of nitrogens with zero attached hydrogens (tertiary/aromatic N) is 2. The molecule has 1 amide bonds. The molecule has 4 heteroatoms. The third kappa shape index (κ3) is 3.93. The number of rotatable bonds is 4. The van der Waals surface area contributed by atoms with E-state index in [1.54, 1.807) is 0 Å². The van der Waals surface area contributed by atoms with Crippen molar-refractivity contribution in [2.45, 2.75) is 70.5 Å². The first-order valence-electron chi connectivity index (χ1n) is 7.87. The molecule has 0 spiro atoms. The SMILES string of the molecule is CC(C)N(C(=O)CN1CC[C@H](N)C1)C1CCCCC1. The van der Waals surface area contributed by atoms with Gasteiger partial charge in [-0.1, -0.05) is 19.3 Å². The lowest BCUT2D eigenvalue weighted by molar-refractivity contribution is -0.137. The highest BCUT2D eigenvalue weighted by atomic mass is 16.2. The monoisotopic (exact) mass is 267 g/mol. The molecule has 1 atom stereocenters. The Hall–Kier alpha value is -0.610. The number of amides is 1. The Labute approximate surface area is 117 Å². The molecule has 2 aliphatic rings. The second-order valence-corrected chi connectivity index (χ2v) is 6.47. The average Bonchev–Trinajstić information content (AvgIpc) is 2.75. The summed E-state index contributed by atoms with van der Waals surface area (Å²) in [4.78, 5) is 16.9. The summed E-state index contributed by atoms with van der Waals surface area (Å²) in [5, 5.41) is 0. The van der Waals surface area contributed by atoms with E-state index in [1.165, 1.54) is 32.1 Å². The van der Waals surface area contributed by atoms with E-state index < -0.39 is 0 Å². The largest absolute Gasteiger partial charge is 0.336 e. The van der Waals surface area contributed by atoms with Crippen LogP contribution in [-0.2, 0) is 4.79 Å². The molecule has 0 aromatic rings. The third-order valence-electron chi connectivity index (χ3n) is 4.48. The standard InChI is InChI=1S/C15H29N3O/c1-12(2)18(14-6-4-3-5-7-14)15(19)11-17-9-8-13(16)10-17/h12-14H,3-11,16H2,1-2H3/t13-/m0/s1. The number of nitrogens with two attached hydrogens (primary N) is 1. The van der Waals surface area contributed by atoms with Crippen LogP contribution in [0.25, 0.3) is 0 Å². The molecule has 1 aliphatic carbocycles. The molecule has 1 saturated heterocycles. The van der Waals surface area contributed by atoms with Gasteiger partial charge in [-0.2, -0.15) is 0 Å². The summed E-state index contributed by atoms with van der Waals surface area (Å²) in [6, 6.07) is 1.04. The van der Waals surface area contributed by atoms with Gasteiger partial charge in [0.05, 0.1) is 6.54 Å². The molecule has 0 radical (unpaired) electrons. The van der Waals surface area contributed by atoms with Gasteiger partial charge in [0.25, 0.3) is 0 Å². The molecule has 0 aromatic carbocycles. The summed E-state index contributed by atoms with van der Waals surface area (Å²) in [5.41, 5.74) is 5.91. The zero-order valence-corrected chi connectivity index (χ0v) is 12.5. The first-order chi connectivity index (χ1) is 9.08. The second kappa shape index (κ2) is 6.71. The number of likely N-dealkylation sites (tertiary alicyclic amines) is 1. The Morgan fingerprint density at radius 3 is 2.47 bits per heavy atom. The van der Waals surface area contributed by atoms with Gasteiger partial charge in [0, 0.05) is 31.2 Å². The Morgan fingerprint density at radius 2 is 1.95 bits per heavy atom. The van der Waals surface area contributed by atoms with Gasteiger partial charge >= 0.3 is 0 Å². The minimum absolute atomic E-state index is 0.259. The molecule has 2 N–H and O–H groups in total. The normalized spacial score (nSPS) is 26.0. The maximum Gasteiger partial charge on any atom is 0.237 e. The van der Waals surface area contributed by atoms with Crippen LogP contribution in [0.5, 0.6) is 0 Å². The summed E-state index contributed by atoms with van der Waals surface area (Å²) < 4.78 is 0. The second-order valence-electron chi connectivity index (χ2n) is 6.47. The lowest BCUT2D eigenvalue weighted by Gasteiger charge is -2.38. The molecule has 1 heterocycles. The maximum atomic E-state index is 12.6. The van der Waals surface area contributed by atoms with Crippen molar-refractivity contribution in [3.05, 3.63) is 0 Å². The molecule has 2 fully saturated rings. The number of carbonyl (C=O) groups excluding carboxylic acids is 1. The number of carbonyl (C=O) groups is 1. The summed E-state index contributed by atoms with van der Waals surface area (Å²) in [6.45, 7) is 6.69. The van der Waals surface area contributed by atoms with Crippen molar-refractivity contribution in [1.29, 1.82) is 0 Å². The summed E-state index contributed by atoms with van der Waals surface area (Å²) >= 11 is 0. The Kier molecular flexibility index (Phi) is 5.22. The Bertz CT molecular complexity index is 300. The van der Waals surface area contributed by atoms with Crippen LogP contribution >= 0.6 is 0 Å². The first kappa shape index (κ1) is 14.8. The predicted molar refractivity (Wildman–Crippen MR) is 77.9 cm³/mol. The van der Waals surface area contributed by atoms with Gasteiger partial charge in [0.15, 0.2) is 0 Å². The molecule has 2 rings (SSSR count). The fourth-order valence-corrected chi connectivity index (χ4v) is 3.55. The minimum atomic E-state index is 0.259. The van der Waals surface area contributed by atoms with E-state index >= 15 is 0 Å². The maximum absolute atomic E-state index is 12.6. The molecule has 0 aromatic heterocycles. The van der Waals surface area contributed by atoms with Crippen LogP contribution in [0.1, 0.15) is 52.4 Å². The average molecular weight is 267 g/mol. The Balaban J connectivity index is 1.92. The van der Waals surface area contributed by atoms with Crippen LogP contribution in [0.3, 0.4) is 0 Å². The van der Waals surface area contributed by atoms with Crippen molar-refractivity contribution in [3.8, 4) is 0 Å². The van der Waals surface area contributed by atoms with E-state index in [-0.39, 0.29) is 6.04 Å². The quantitative estimate of drug-likeness (QED) is 0.841.